The van der Waals surface area contributed by atoms with Crippen molar-refractivity contribution in [3.8, 4) is 0 Å². The molecule has 0 unspecified atom stereocenters. The molecule has 1 aromatic heterocycles. The Labute approximate surface area is 93.9 Å². The van der Waals surface area contributed by atoms with Gasteiger partial charge in [-0.2, -0.15) is 0 Å². The molecule has 14 heavy (non-hydrogen) atoms. The van der Waals surface area contributed by atoms with E-state index in [9.17, 15) is 0 Å². The van der Waals surface area contributed by atoms with E-state index in [0.717, 1.165) is 0 Å². The van der Waals surface area contributed by atoms with Gasteiger partial charge in [0, 0.05) is 0 Å². The van der Waals surface area contributed by atoms with Crippen LogP contribution in [0.3, 0.4) is 0 Å². The summed E-state index contributed by atoms with van der Waals surface area (Å²) < 4.78 is 3.98. The molecule has 1 nitrogen and oxygen atoms in total. The quantitative estimate of drug-likeness (QED) is 0.827. The second-order valence-electron chi connectivity index (χ2n) is 3.59. The number of H-pyrrole nitrogens is 1. The van der Waals surface area contributed by atoms with Crippen LogP contribution < -0.4 is 0 Å². The minimum atomic E-state index is -0.745. The van der Waals surface area contributed by atoms with Crippen LogP contribution in [0, 0.1) is 0 Å². The molecule has 0 spiro atoms. The maximum atomic E-state index is 3.48. The number of benzene rings is 1. The summed E-state index contributed by atoms with van der Waals surface area (Å²) in [7, 11) is 0. The summed E-state index contributed by atoms with van der Waals surface area (Å²) in [5.74, 6) is 0. The molecule has 0 radical (unpaired) electrons. The molecule has 0 bridgehead atoms. The van der Waals surface area contributed by atoms with Gasteiger partial charge in [0.1, 0.15) is 0 Å². The summed E-state index contributed by atoms with van der Waals surface area (Å²) in [5, 5.41) is 1.32. The molecular weight excluding hydrogens is 273 g/mol. The molecule has 66 valence electrons. The van der Waals surface area contributed by atoms with Gasteiger partial charge in [0.2, 0.25) is 0 Å². The second kappa shape index (κ2) is 3.35. The van der Waals surface area contributed by atoms with Gasteiger partial charge in [0.05, 0.1) is 0 Å². The Hall–Kier alpha value is -0.890. The van der Waals surface area contributed by atoms with Crippen molar-refractivity contribution in [3.63, 3.8) is 0 Å². The number of hydrogen-bond acceptors (Lipinski definition) is 0. The zero-order valence-corrected chi connectivity index (χ0v) is 11.9. The molecule has 2 heterocycles. The van der Waals surface area contributed by atoms with Crippen LogP contribution in [0.4, 0.5) is 0 Å². The van der Waals surface area contributed by atoms with E-state index in [2.05, 4.69) is 51.3 Å². The van der Waals surface area contributed by atoms with E-state index < -0.39 is 22.9 Å². The van der Waals surface area contributed by atoms with E-state index in [-0.39, 0.29) is 0 Å². The van der Waals surface area contributed by atoms with Crippen LogP contribution in [0.5, 0.6) is 0 Å². The Morgan fingerprint density at radius 3 is 2.86 bits per heavy atom. The van der Waals surface area contributed by atoms with Crippen LogP contribution in [0.2, 0.25) is 0 Å². The molecule has 0 saturated heterocycles. The molecule has 3 rings (SSSR count). The average Bonchev–Trinajstić information content (AvgIpc) is 2.86. The van der Waals surface area contributed by atoms with Crippen molar-refractivity contribution in [2.45, 2.75) is 0 Å². The van der Waals surface area contributed by atoms with E-state index in [1.165, 1.54) is 16.6 Å². The zero-order valence-electron chi connectivity index (χ0n) is 7.83. The van der Waals surface area contributed by atoms with Crippen molar-refractivity contribution >= 4 is 37.1 Å². The van der Waals surface area contributed by atoms with Gasteiger partial charge in [-0.1, -0.05) is 0 Å². The van der Waals surface area contributed by atoms with Gasteiger partial charge in [-0.15, -0.1) is 0 Å². The van der Waals surface area contributed by atoms with Gasteiger partial charge in [-0.25, -0.2) is 0 Å². The van der Waals surface area contributed by atoms with Crippen LogP contribution in [0.1, 0.15) is 5.69 Å². The SMILES string of the molecule is C1=[CH][InH][C](c2cc3ccccc3[nH]2)=C1. The van der Waals surface area contributed by atoms with Crippen molar-refractivity contribution in [3.05, 3.63) is 52.0 Å². The minimum absolute atomic E-state index is 0.745. The molecule has 1 N–H and O–H groups in total. The maximum absolute atomic E-state index is 3.48. The molecule has 0 amide bonds. The van der Waals surface area contributed by atoms with Gasteiger partial charge in [0.15, 0.2) is 0 Å². The fourth-order valence-electron chi connectivity index (χ4n) is 1.89. The third-order valence-corrected chi connectivity index (χ3v) is 7.11. The topological polar surface area (TPSA) is 15.8 Å². The predicted molar refractivity (Wildman–Crippen MR) is 62.6 cm³/mol. The van der Waals surface area contributed by atoms with Crippen molar-refractivity contribution in [1.29, 1.82) is 0 Å². The monoisotopic (exact) mass is 283 g/mol. The Bertz CT molecular complexity index is 501. The van der Waals surface area contributed by atoms with E-state index in [1.54, 1.807) is 3.33 Å². The summed E-state index contributed by atoms with van der Waals surface area (Å²) in [5.41, 5.74) is 2.59. The van der Waals surface area contributed by atoms with E-state index in [4.69, 9.17) is 0 Å². The number of hydrogen-bond donors (Lipinski definition) is 1. The van der Waals surface area contributed by atoms with Crippen LogP contribution in [-0.2, 0) is 0 Å². The molecule has 0 atom stereocenters. The summed E-state index contributed by atoms with van der Waals surface area (Å²) in [4.78, 5) is 3.48. The normalized spacial score (nSPS) is 14.4. The van der Waals surface area contributed by atoms with Crippen LogP contribution in [-0.4, -0.2) is 27.9 Å². The fourth-order valence-corrected chi connectivity index (χ4v) is 5.34. The van der Waals surface area contributed by atoms with Gasteiger partial charge >= 0.3 is 94.1 Å². The molecule has 1 aliphatic rings. The van der Waals surface area contributed by atoms with E-state index in [1.807, 2.05) is 0 Å². The number of nitrogens with one attached hydrogen (secondary N) is 1. The van der Waals surface area contributed by atoms with Crippen molar-refractivity contribution in [2.75, 3.05) is 0 Å². The number of rotatable bonds is 1. The molecule has 0 aliphatic carbocycles. The number of fused-ring (bicyclic) bond motifs is 1. The van der Waals surface area contributed by atoms with Gasteiger partial charge < -0.3 is 0 Å². The molecular formula is C12H10InN. The third kappa shape index (κ3) is 1.34. The molecule has 2 aromatic rings. The van der Waals surface area contributed by atoms with Crippen LogP contribution in [0.25, 0.3) is 14.2 Å². The Morgan fingerprint density at radius 2 is 2.07 bits per heavy atom. The first-order valence-electron chi connectivity index (χ1n) is 4.87. The summed E-state index contributed by atoms with van der Waals surface area (Å²) in [6.45, 7) is 0. The number of para-hydroxylation sites is 1. The zero-order chi connectivity index (χ0) is 9.38. The van der Waals surface area contributed by atoms with E-state index in [0.29, 0.717) is 0 Å². The molecule has 0 saturated carbocycles. The number of aromatic amines is 1. The molecule has 1 aliphatic heterocycles. The standard InChI is InChI=1S/C12H9N.In.H/c1-2-3-7-11-9-10-6-4-5-8-12(10)13-11;;/h1-6,8-9,13H;;. The van der Waals surface area contributed by atoms with E-state index >= 15 is 0 Å². The summed E-state index contributed by atoms with van der Waals surface area (Å²) in [6, 6.07) is 10.7. The predicted octanol–water partition coefficient (Wildman–Crippen LogP) is 2.47. The van der Waals surface area contributed by atoms with Crippen molar-refractivity contribution in [2.24, 2.45) is 0 Å². The summed E-state index contributed by atoms with van der Waals surface area (Å²) in [6.07, 6.45) is 4.47. The van der Waals surface area contributed by atoms with Crippen LogP contribution in [0.15, 0.2) is 46.3 Å². The molecule has 0 fully saturated rings. The van der Waals surface area contributed by atoms with Crippen molar-refractivity contribution in [1.82, 2.24) is 4.98 Å². The van der Waals surface area contributed by atoms with Gasteiger partial charge in [0.25, 0.3) is 0 Å². The first kappa shape index (κ1) is 8.42. The average molecular weight is 283 g/mol. The Kier molecular flexibility index (Phi) is 2.02. The first-order valence-corrected chi connectivity index (χ1v) is 9.22. The fraction of sp³-hybridized carbons (Fsp3) is 0. The second-order valence-corrected chi connectivity index (χ2v) is 8.28. The van der Waals surface area contributed by atoms with Crippen molar-refractivity contribution < 1.29 is 0 Å². The van der Waals surface area contributed by atoms with Crippen LogP contribution >= 0.6 is 0 Å². The van der Waals surface area contributed by atoms with Gasteiger partial charge in [-0.3, -0.25) is 0 Å². The van der Waals surface area contributed by atoms with Gasteiger partial charge in [-0.05, 0) is 0 Å². The molecule has 2 heteroatoms. The summed E-state index contributed by atoms with van der Waals surface area (Å²) >= 11 is -0.745. The molecule has 1 aromatic carbocycles. The Morgan fingerprint density at radius 1 is 1.14 bits per heavy atom. The third-order valence-electron chi connectivity index (χ3n) is 2.65. The first-order chi connectivity index (χ1) is 6.93. The number of aromatic nitrogens is 1. The Balaban J connectivity index is 2.15. The number of allylic oxidation sites excluding steroid dienone is 2.